The summed E-state index contributed by atoms with van der Waals surface area (Å²) in [5.74, 6) is 0.947. The van der Waals surface area contributed by atoms with E-state index in [1.54, 1.807) is 0 Å². The van der Waals surface area contributed by atoms with Gasteiger partial charge in [-0.25, -0.2) is 0 Å². The van der Waals surface area contributed by atoms with Crippen LogP contribution in [0.5, 0.6) is 0 Å². The number of hydrogen-bond acceptors (Lipinski definition) is 1. The van der Waals surface area contributed by atoms with E-state index >= 15 is 0 Å². The maximum absolute atomic E-state index is 4.03. The quantitative estimate of drug-likeness (QED) is 0.598. The van der Waals surface area contributed by atoms with Gasteiger partial charge in [0.25, 0.3) is 0 Å². The molecular formula is C10H19N. The van der Waals surface area contributed by atoms with Crippen molar-refractivity contribution in [3.05, 3.63) is 12.2 Å². The Labute approximate surface area is 69.9 Å². The van der Waals surface area contributed by atoms with Gasteiger partial charge in [0, 0.05) is 6.04 Å². The first-order chi connectivity index (χ1) is 5.27. The third kappa shape index (κ3) is 2.66. The van der Waals surface area contributed by atoms with E-state index in [-0.39, 0.29) is 0 Å². The second kappa shape index (κ2) is 3.91. The van der Waals surface area contributed by atoms with Crippen LogP contribution in [0.15, 0.2) is 12.2 Å². The zero-order valence-electron chi connectivity index (χ0n) is 7.69. The van der Waals surface area contributed by atoms with Crippen LogP contribution in [0.4, 0.5) is 0 Å². The largest absolute Gasteiger partial charge is 0.316 e. The molecule has 64 valence electrons. The highest BCUT2D eigenvalue weighted by atomic mass is 14.9. The van der Waals surface area contributed by atoms with Crippen LogP contribution < -0.4 is 5.32 Å². The predicted molar refractivity (Wildman–Crippen MR) is 49.6 cm³/mol. The van der Waals surface area contributed by atoms with Crippen molar-refractivity contribution in [1.82, 2.24) is 5.32 Å². The molecule has 1 unspecified atom stereocenters. The van der Waals surface area contributed by atoms with E-state index in [2.05, 4.69) is 25.9 Å². The fraction of sp³-hybridized carbons (Fsp3) is 0.800. The van der Waals surface area contributed by atoms with Crippen molar-refractivity contribution in [1.29, 1.82) is 0 Å². The first-order valence-corrected chi connectivity index (χ1v) is 4.61. The van der Waals surface area contributed by atoms with Gasteiger partial charge in [-0.05, 0) is 38.6 Å². The van der Waals surface area contributed by atoms with Gasteiger partial charge in [-0.1, -0.05) is 19.1 Å². The molecule has 1 heteroatoms. The van der Waals surface area contributed by atoms with Crippen LogP contribution in [0.25, 0.3) is 0 Å². The normalized spacial score (nSPS) is 19.8. The van der Waals surface area contributed by atoms with E-state index in [1.165, 1.54) is 24.8 Å². The minimum absolute atomic E-state index is 0.711. The summed E-state index contributed by atoms with van der Waals surface area (Å²) in [4.78, 5) is 0. The summed E-state index contributed by atoms with van der Waals surface area (Å²) in [5, 5.41) is 3.37. The summed E-state index contributed by atoms with van der Waals surface area (Å²) in [6.45, 7) is 6.21. The first-order valence-electron chi connectivity index (χ1n) is 4.61. The van der Waals surface area contributed by atoms with Crippen LogP contribution in [0, 0.1) is 5.92 Å². The minimum Gasteiger partial charge on any atom is -0.316 e. The van der Waals surface area contributed by atoms with Gasteiger partial charge in [0.2, 0.25) is 0 Å². The van der Waals surface area contributed by atoms with Gasteiger partial charge in [0.1, 0.15) is 0 Å². The molecule has 1 N–H and O–H groups in total. The maximum Gasteiger partial charge on any atom is 0.0129 e. The highest BCUT2D eigenvalue weighted by Crippen LogP contribution is 2.35. The van der Waals surface area contributed by atoms with Gasteiger partial charge < -0.3 is 5.32 Å². The van der Waals surface area contributed by atoms with Crippen molar-refractivity contribution in [2.24, 2.45) is 5.92 Å². The topological polar surface area (TPSA) is 12.0 Å². The molecule has 1 saturated carbocycles. The molecule has 0 aromatic rings. The Hall–Kier alpha value is -0.300. The van der Waals surface area contributed by atoms with Crippen LogP contribution >= 0.6 is 0 Å². The fourth-order valence-electron chi connectivity index (χ4n) is 1.46. The lowest BCUT2D eigenvalue weighted by Gasteiger charge is -2.15. The van der Waals surface area contributed by atoms with Crippen LogP contribution in [0.2, 0.25) is 0 Å². The van der Waals surface area contributed by atoms with Crippen LogP contribution in [-0.2, 0) is 0 Å². The molecule has 0 heterocycles. The van der Waals surface area contributed by atoms with Gasteiger partial charge in [0.15, 0.2) is 0 Å². The zero-order chi connectivity index (χ0) is 8.27. The van der Waals surface area contributed by atoms with Crippen molar-refractivity contribution in [2.75, 3.05) is 7.05 Å². The molecule has 0 spiro atoms. The van der Waals surface area contributed by atoms with E-state index < -0.39 is 0 Å². The van der Waals surface area contributed by atoms with Crippen molar-refractivity contribution < 1.29 is 0 Å². The summed E-state index contributed by atoms with van der Waals surface area (Å²) in [6, 6.07) is 0.711. The zero-order valence-corrected chi connectivity index (χ0v) is 7.69. The highest BCUT2D eigenvalue weighted by molar-refractivity contribution is 5.00. The van der Waals surface area contributed by atoms with Crippen LogP contribution in [-0.4, -0.2) is 13.1 Å². The van der Waals surface area contributed by atoms with Gasteiger partial charge in [-0.3, -0.25) is 0 Å². The van der Waals surface area contributed by atoms with Crippen molar-refractivity contribution in [2.45, 2.75) is 38.6 Å². The molecule has 1 rings (SSSR count). The number of rotatable bonds is 5. The van der Waals surface area contributed by atoms with E-state index in [0.29, 0.717) is 6.04 Å². The Kier molecular flexibility index (Phi) is 3.13. The molecule has 11 heavy (non-hydrogen) atoms. The number of hydrogen-bond donors (Lipinski definition) is 1. The summed E-state index contributed by atoms with van der Waals surface area (Å²) in [6.07, 6.45) is 5.15. The molecule has 0 amide bonds. The fourth-order valence-corrected chi connectivity index (χ4v) is 1.46. The lowest BCUT2D eigenvalue weighted by molar-refractivity contribution is 0.495. The average molecular weight is 153 g/mol. The molecule has 1 aliphatic carbocycles. The molecule has 1 aliphatic rings. The molecule has 0 bridgehead atoms. The van der Waals surface area contributed by atoms with Crippen LogP contribution in [0.3, 0.4) is 0 Å². The summed E-state index contributed by atoms with van der Waals surface area (Å²) >= 11 is 0. The Balaban J connectivity index is 2.25. The molecule has 1 atom stereocenters. The molecule has 0 aromatic heterocycles. The third-order valence-electron chi connectivity index (χ3n) is 2.57. The summed E-state index contributed by atoms with van der Waals surface area (Å²) < 4.78 is 0. The lowest BCUT2D eigenvalue weighted by Crippen LogP contribution is -2.27. The molecule has 1 nitrogen and oxygen atoms in total. The summed E-state index contributed by atoms with van der Waals surface area (Å²) in [7, 11) is 2.06. The second-order valence-electron chi connectivity index (χ2n) is 3.54. The van der Waals surface area contributed by atoms with Crippen molar-refractivity contribution >= 4 is 0 Å². The Morgan fingerprint density at radius 2 is 2.27 bits per heavy atom. The standard InChI is InChI=1S/C10H19N/c1-4-8(2)7-10(11-3)9-5-6-9/h9-11H,2,4-7H2,1,3H3. The average Bonchev–Trinajstić information content (AvgIpc) is 2.82. The highest BCUT2D eigenvalue weighted by Gasteiger charge is 2.29. The van der Waals surface area contributed by atoms with Crippen molar-refractivity contribution in [3.63, 3.8) is 0 Å². The van der Waals surface area contributed by atoms with Crippen molar-refractivity contribution in [3.8, 4) is 0 Å². The predicted octanol–water partition coefficient (Wildman–Crippen LogP) is 2.34. The van der Waals surface area contributed by atoms with Gasteiger partial charge in [0.05, 0.1) is 0 Å². The van der Waals surface area contributed by atoms with Crippen LogP contribution in [0.1, 0.15) is 32.6 Å². The van der Waals surface area contributed by atoms with Gasteiger partial charge >= 0.3 is 0 Å². The van der Waals surface area contributed by atoms with E-state index in [0.717, 1.165) is 12.3 Å². The minimum atomic E-state index is 0.711. The summed E-state index contributed by atoms with van der Waals surface area (Å²) in [5.41, 5.74) is 1.39. The van der Waals surface area contributed by atoms with Gasteiger partial charge in [-0.2, -0.15) is 0 Å². The smallest absolute Gasteiger partial charge is 0.0129 e. The Morgan fingerprint density at radius 3 is 2.64 bits per heavy atom. The second-order valence-corrected chi connectivity index (χ2v) is 3.54. The van der Waals surface area contributed by atoms with E-state index in [4.69, 9.17) is 0 Å². The number of nitrogens with one attached hydrogen (secondary N) is 1. The van der Waals surface area contributed by atoms with E-state index in [1.807, 2.05) is 0 Å². The lowest BCUT2D eigenvalue weighted by atomic mass is 10.0. The molecule has 0 aromatic carbocycles. The molecule has 0 saturated heterocycles. The molecule has 1 fully saturated rings. The first kappa shape index (κ1) is 8.79. The SMILES string of the molecule is C=C(CC)CC(NC)C1CC1. The molecular weight excluding hydrogens is 134 g/mol. The molecule has 0 aliphatic heterocycles. The third-order valence-corrected chi connectivity index (χ3v) is 2.57. The Bertz CT molecular complexity index is 136. The maximum atomic E-state index is 4.03. The van der Waals surface area contributed by atoms with Gasteiger partial charge in [-0.15, -0.1) is 0 Å². The Morgan fingerprint density at radius 1 is 1.64 bits per heavy atom. The monoisotopic (exact) mass is 153 g/mol. The molecule has 0 radical (unpaired) electrons. The van der Waals surface area contributed by atoms with E-state index in [9.17, 15) is 0 Å².